The van der Waals surface area contributed by atoms with Gasteiger partial charge in [-0.15, -0.1) is 11.3 Å². The first-order valence-electron chi connectivity index (χ1n) is 11.3. The van der Waals surface area contributed by atoms with Crippen molar-refractivity contribution in [2.45, 2.75) is 19.4 Å². The summed E-state index contributed by atoms with van der Waals surface area (Å²) in [5, 5.41) is 22.8. The molecule has 4 aromatic rings. The topological polar surface area (TPSA) is 129 Å². The van der Waals surface area contributed by atoms with Gasteiger partial charge in [-0.05, 0) is 18.4 Å². The number of nitrogen functional groups attached to an aromatic ring is 1. The van der Waals surface area contributed by atoms with Crippen LogP contribution in [-0.2, 0) is 17.7 Å². The summed E-state index contributed by atoms with van der Waals surface area (Å²) in [4.78, 5) is 13.1. The minimum absolute atomic E-state index is 0.251. The predicted molar refractivity (Wildman–Crippen MR) is 133 cm³/mol. The van der Waals surface area contributed by atoms with Gasteiger partial charge in [0.2, 0.25) is 0 Å². The molecule has 174 valence electrons. The highest BCUT2D eigenvalue weighted by molar-refractivity contribution is 7.17. The Balaban J connectivity index is 1.39. The molecule has 0 bridgehead atoms. The van der Waals surface area contributed by atoms with Crippen LogP contribution in [0.15, 0.2) is 35.7 Å². The van der Waals surface area contributed by atoms with E-state index in [1.165, 1.54) is 0 Å². The largest absolute Gasteiger partial charge is 0.381 e. The average molecular weight is 475 g/mol. The van der Waals surface area contributed by atoms with Gasteiger partial charge in [-0.25, -0.2) is 9.97 Å². The van der Waals surface area contributed by atoms with Gasteiger partial charge in [-0.2, -0.15) is 10.4 Å². The second-order valence-electron chi connectivity index (χ2n) is 8.18. The molecule has 1 fully saturated rings. The second-order valence-corrected chi connectivity index (χ2v) is 9.04. The fourth-order valence-electron chi connectivity index (χ4n) is 4.15. The highest BCUT2D eigenvalue weighted by Crippen LogP contribution is 2.37. The number of nitrogens with two attached hydrogens (primary N) is 1. The molecule has 5 rings (SSSR count). The lowest BCUT2D eigenvalue weighted by Gasteiger charge is -2.25. The number of rotatable bonds is 8. The van der Waals surface area contributed by atoms with Crippen LogP contribution in [0.3, 0.4) is 0 Å². The highest BCUT2D eigenvalue weighted by atomic mass is 32.1. The molecule has 0 amide bonds. The number of thiophene rings is 1. The molecule has 0 unspecified atom stereocenters. The maximum Gasteiger partial charge on any atom is 0.163 e. The van der Waals surface area contributed by atoms with Crippen molar-refractivity contribution in [3.05, 3.63) is 52.8 Å². The highest BCUT2D eigenvalue weighted by Gasteiger charge is 2.18. The van der Waals surface area contributed by atoms with E-state index in [0.29, 0.717) is 25.1 Å². The lowest BCUT2D eigenvalue weighted by molar-refractivity contribution is 0.0331. The van der Waals surface area contributed by atoms with Gasteiger partial charge in [0.15, 0.2) is 5.82 Å². The molecular formula is C24H26N8OS. The first-order valence-corrected chi connectivity index (χ1v) is 12.2. The zero-order valence-corrected chi connectivity index (χ0v) is 19.6. The number of aryl methyl sites for hydroxylation is 1. The van der Waals surface area contributed by atoms with Crippen molar-refractivity contribution in [2.75, 3.05) is 43.9 Å². The lowest BCUT2D eigenvalue weighted by Crippen LogP contribution is -2.36. The first-order chi connectivity index (χ1) is 16.7. The summed E-state index contributed by atoms with van der Waals surface area (Å²) in [6, 6.07) is 12.5. The number of fused-ring (bicyclic) bond motifs is 1. The fraction of sp³-hybridized carbons (Fsp3) is 0.333. The van der Waals surface area contributed by atoms with Crippen LogP contribution in [0.2, 0.25) is 0 Å². The number of H-pyrrole nitrogens is 1. The van der Waals surface area contributed by atoms with Crippen LogP contribution in [0.5, 0.6) is 0 Å². The fourth-order valence-corrected chi connectivity index (χ4v) is 5.11. The molecule has 0 saturated carbocycles. The molecule has 9 nitrogen and oxygen atoms in total. The number of hydrogen-bond donors (Lipinski definition) is 3. The summed E-state index contributed by atoms with van der Waals surface area (Å²) in [5.41, 5.74) is 9.23. The summed E-state index contributed by atoms with van der Waals surface area (Å²) in [5.74, 6) is 1.91. The van der Waals surface area contributed by atoms with Gasteiger partial charge in [0, 0.05) is 30.6 Å². The number of hydrogen-bond acceptors (Lipinski definition) is 9. The summed E-state index contributed by atoms with van der Waals surface area (Å²) in [7, 11) is 0. The molecule has 34 heavy (non-hydrogen) atoms. The van der Waals surface area contributed by atoms with Gasteiger partial charge >= 0.3 is 0 Å². The lowest BCUT2D eigenvalue weighted by atomic mass is 10.1. The third-order valence-corrected chi connectivity index (χ3v) is 6.78. The van der Waals surface area contributed by atoms with Gasteiger partial charge in [0.05, 0.1) is 30.8 Å². The van der Waals surface area contributed by atoms with Crippen LogP contribution in [-0.4, -0.2) is 57.9 Å². The SMILES string of the molecule is N#Cc1c(N)n[nH]c1CCCNc1nc(CN2CCOCC2)nc2scc(-c3ccccc3)c12. The molecule has 0 spiro atoms. The predicted octanol–water partition coefficient (Wildman–Crippen LogP) is 3.41. The number of nitrogens with one attached hydrogen (secondary N) is 2. The first kappa shape index (κ1) is 22.3. The van der Waals surface area contributed by atoms with Crippen LogP contribution >= 0.6 is 11.3 Å². The second kappa shape index (κ2) is 10.2. The summed E-state index contributed by atoms with van der Waals surface area (Å²) < 4.78 is 5.48. The van der Waals surface area contributed by atoms with Crippen molar-refractivity contribution in [1.29, 1.82) is 5.26 Å². The Kier molecular flexibility index (Phi) is 6.67. The molecule has 0 atom stereocenters. The third-order valence-electron chi connectivity index (χ3n) is 5.91. The quantitative estimate of drug-likeness (QED) is 0.331. The molecule has 0 radical (unpaired) electrons. The standard InChI is InChI=1S/C24H26N8OS/c25-13-17-19(30-31-22(17)26)7-4-8-27-23-21-18(16-5-2-1-3-6-16)15-34-24(21)29-20(28-23)14-32-9-11-33-12-10-32/h1-3,5-6,15H,4,7-12,14H2,(H3,26,30,31)(H,27,28,29). The van der Waals surface area contributed by atoms with Crippen molar-refractivity contribution >= 4 is 33.2 Å². The van der Waals surface area contributed by atoms with Crippen molar-refractivity contribution in [3.8, 4) is 17.2 Å². The van der Waals surface area contributed by atoms with Gasteiger partial charge in [-0.1, -0.05) is 30.3 Å². The van der Waals surface area contributed by atoms with Crippen molar-refractivity contribution < 1.29 is 4.74 Å². The van der Waals surface area contributed by atoms with Gasteiger partial charge in [0.25, 0.3) is 0 Å². The summed E-state index contributed by atoms with van der Waals surface area (Å²) >= 11 is 1.65. The Morgan fingerprint density at radius 2 is 2.03 bits per heavy atom. The Labute approximate surface area is 201 Å². The van der Waals surface area contributed by atoms with Crippen LogP contribution in [0.4, 0.5) is 11.6 Å². The summed E-state index contributed by atoms with van der Waals surface area (Å²) in [6.07, 6.45) is 1.47. The van der Waals surface area contributed by atoms with Crippen LogP contribution in [0.25, 0.3) is 21.3 Å². The van der Waals surface area contributed by atoms with Gasteiger partial charge in [0.1, 0.15) is 28.1 Å². The number of aromatic amines is 1. The molecule has 1 saturated heterocycles. The number of aromatic nitrogens is 4. The Morgan fingerprint density at radius 1 is 1.21 bits per heavy atom. The van der Waals surface area contributed by atoms with E-state index in [2.05, 4.69) is 44.0 Å². The zero-order chi connectivity index (χ0) is 23.3. The van der Waals surface area contributed by atoms with E-state index in [4.69, 9.17) is 20.4 Å². The van der Waals surface area contributed by atoms with Crippen LogP contribution in [0.1, 0.15) is 23.5 Å². The van der Waals surface area contributed by atoms with Gasteiger partial charge < -0.3 is 15.8 Å². The molecule has 1 aliphatic heterocycles. The number of anilines is 2. The van der Waals surface area contributed by atoms with Crippen molar-refractivity contribution in [1.82, 2.24) is 25.1 Å². The van der Waals surface area contributed by atoms with E-state index >= 15 is 0 Å². The molecule has 1 aromatic carbocycles. The average Bonchev–Trinajstić information content (AvgIpc) is 3.46. The van der Waals surface area contributed by atoms with E-state index in [0.717, 1.165) is 71.4 Å². The van der Waals surface area contributed by atoms with Crippen molar-refractivity contribution in [2.24, 2.45) is 0 Å². The van der Waals surface area contributed by atoms with E-state index in [9.17, 15) is 5.26 Å². The Morgan fingerprint density at radius 3 is 2.82 bits per heavy atom. The number of nitriles is 1. The maximum absolute atomic E-state index is 9.29. The molecule has 1 aliphatic rings. The zero-order valence-electron chi connectivity index (χ0n) is 18.8. The minimum atomic E-state index is 0.251. The number of morpholine rings is 1. The minimum Gasteiger partial charge on any atom is -0.381 e. The van der Waals surface area contributed by atoms with E-state index in [1.54, 1.807) is 11.3 Å². The Bertz CT molecular complexity index is 1300. The van der Waals surface area contributed by atoms with Crippen molar-refractivity contribution in [3.63, 3.8) is 0 Å². The molecule has 10 heteroatoms. The third kappa shape index (κ3) is 4.72. The maximum atomic E-state index is 9.29. The number of ether oxygens (including phenoxy) is 1. The molecule has 4 N–H and O–H groups in total. The van der Waals surface area contributed by atoms with Gasteiger partial charge in [-0.3, -0.25) is 10.00 Å². The van der Waals surface area contributed by atoms with Crippen LogP contribution < -0.4 is 11.1 Å². The monoisotopic (exact) mass is 474 g/mol. The summed E-state index contributed by atoms with van der Waals surface area (Å²) in [6.45, 7) is 4.65. The number of benzene rings is 1. The Hall–Kier alpha value is -3.52. The van der Waals surface area contributed by atoms with E-state index < -0.39 is 0 Å². The normalized spacial score (nSPS) is 14.3. The van der Waals surface area contributed by atoms with E-state index in [1.807, 2.05) is 18.2 Å². The molecule has 4 heterocycles. The molecule has 3 aromatic heterocycles. The molecule has 0 aliphatic carbocycles. The number of nitrogens with zero attached hydrogens (tertiary/aromatic N) is 5. The smallest absolute Gasteiger partial charge is 0.163 e. The van der Waals surface area contributed by atoms with E-state index in [-0.39, 0.29) is 5.82 Å². The molecular weight excluding hydrogens is 448 g/mol. The van der Waals surface area contributed by atoms with Crippen LogP contribution in [0, 0.1) is 11.3 Å².